The van der Waals surface area contributed by atoms with Crippen molar-refractivity contribution in [3.05, 3.63) is 29.3 Å². The molecule has 0 radical (unpaired) electrons. The number of rotatable bonds is 6. The second kappa shape index (κ2) is 9.18. The normalized spacial score (nSPS) is 15.4. The molecule has 27 heavy (non-hydrogen) atoms. The van der Waals surface area contributed by atoms with Crippen molar-refractivity contribution in [2.24, 2.45) is 0 Å². The molecular formula is C18H27N3O5S. The van der Waals surface area contributed by atoms with Crippen LogP contribution in [0.15, 0.2) is 23.1 Å². The summed E-state index contributed by atoms with van der Waals surface area (Å²) < 4.78 is 32.2. The van der Waals surface area contributed by atoms with Crippen molar-refractivity contribution in [1.29, 1.82) is 0 Å². The molecule has 1 aromatic rings. The third-order valence-electron chi connectivity index (χ3n) is 4.44. The standard InChI is InChI=1S/C18H27N3O5S/c1-4-26-18(23)21-9-7-15(8-10-21)20-17(22)12-19-27(24,25)16-11-13(2)5-6-14(16)3/h5-6,11,15,19H,4,7-10,12H2,1-3H3,(H,20,22). The van der Waals surface area contributed by atoms with E-state index in [0.29, 0.717) is 38.1 Å². The Morgan fingerprint density at radius 2 is 1.89 bits per heavy atom. The molecule has 1 aliphatic rings. The number of ether oxygens (including phenoxy) is 1. The van der Waals surface area contributed by atoms with Crippen LogP contribution in [0.5, 0.6) is 0 Å². The van der Waals surface area contributed by atoms with Gasteiger partial charge in [0.2, 0.25) is 15.9 Å². The monoisotopic (exact) mass is 397 g/mol. The van der Waals surface area contributed by atoms with E-state index in [0.717, 1.165) is 5.56 Å². The second-order valence-corrected chi connectivity index (χ2v) is 8.36. The molecule has 1 saturated heterocycles. The first-order valence-electron chi connectivity index (χ1n) is 9.01. The van der Waals surface area contributed by atoms with Crippen molar-refractivity contribution < 1.29 is 22.7 Å². The zero-order chi connectivity index (χ0) is 20.0. The van der Waals surface area contributed by atoms with Gasteiger partial charge in [0.15, 0.2) is 0 Å². The fourth-order valence-electron chi connectivity index (χ4n) is 2.93. The van der Waals surface area contributed by atoms with E-state index in [9.17, 15) is 18.0 Å². The van der Waals surface area contributed by atoms with Crippen LogP contribution in [0.25, 0.3) is 0 Å². The zero-order valence-corrected chi connectivity index (χ0v) is 16.8. The lowest BCUT2D eigenvalue weighted by Crippen LogP contribution is -2.48. The maximum absolute atomic E-state index is 12.4. The molecule has 150 valence electrons. The number of aryl methyl sites for hydroxylation is 2. The molecule has 0 spiro atoms. The summed E-state index contributed by atoms with van der Waals surface area (Å²) in [5.41, 5.74) is 1.46. The van der Waals surface area contributed by atoms with Gasteiger partial charge in [-0.25, -0.2) is 17.9 Å². The molecule has 2 N–H and O–H groups in total. The molecular weight excluding hydrogens is 370 g/mol. The molecule has 0 unspecified atom stereocenters. The Bertz CT molecular complexity index is 786. The van der Waals surface area contributed by atoms with Crippen LogP contribution in [-0.4, -0.2) is 57.6 Å². The lowest BCUT2D eigenvalue weighted by Gasteiger charge is -2.31. The quantitative estimate of drug-likeness (QED) is 0.753. The van der Waals surface area contributed by atoms with Crippen molar-refractivity contribution in [3.8, 4) is 0 Å². The summed E-state index contributed by atoms with van der Waals surface area (Å²) in [5, 5.41) is 2.82. The minimum atomic E-state index is -3.76. The molecule has 1 fully saturated rings. The molecule has 2 rings (SSSR count). The number of sulfonamides is 1. The Morgan fingerprint density at radius 3 is 2.52 bits per heavy atom. The van der Waals surface area contributed by atoms with E-state index >= 15 is 0 Å². The van der Waals surface area contributed by atoms with Crippen LogP contribution in [0.1, 0.15) is 30.9 Å². The Hall–Kier alpha value is -2.13. The molecule has 0 bridgehead atoms. The molecule has 1 heterocycles. The van der Waals surface area contributed by atoms with Crippen LogP contribution in [0.3, 0.4) is 0 Å². The van der Waals surface area contributed by atoms with Crippen LogP contribution in [0.2, 0.25) is 0 Å². The highest BCUT2D eigenvalue weighted by atomic mass is 32.2. The number of amides is 2. The van der Waals surface area contributed by atoms with Gasteiger partial charge in [0.25, 0.3) is 0 Å². The van der Waals surface area contributed by atoms with Gasteiger partial charge in [-0.2, -0.15) is 0 Å². The highest BCUT2D eigenvalue weighted by molar-refractivity contribution is 7.89. The Kier molecular flexibility index (Phi) is 7.20. The summed E-state index contributed by atoms with van der Waals surface area (Å²) in [7, 11) is -3.76. The van der Waals surface area contributed by atoms with Gasteiger partial charge in [-0.15, -0.1) is 0 Å². The summed E-state index contributed by atoms with van der Waals surface area (Å²) in [6.45, 7) is 6.28. The number of benzene rings is 1. The Balaban J connectivity index is 1.83. The number of hydrogen-bond donors (Lipinski definition) is 2. The first-order chi connectivity index (χ1) is 12.7. The van der Waals surface area contributed by atoms with E-state index < -0.39 is 15.9 Å². The van der Waals surface area contributed by atoms with Crippen molar-refractivity contribution in [3.63, 3.8) is 0 Å². The summed E-state index contributed by atoms with van der Waals surface area (Å²) >= 11 is 0. The van der Waals surface area contributed by atoms with Gasteiger partial charge in [-0.05, 0) is 50.8 Å². The van der Waals surface area contributed by atoms with Crippen molar-refractivity contribution >= 4 is 22.0 Å². The van der Waals surface area contributed by atoms with Crippen LogP contribution in [-0.2, 0) is 19.6 Å². The summed E-state index contributed by atoms with van der Waals surface area (Å²) in [4.78, 5) is 25.6. The molecule has 0 aromatic heterocycles. The average Bonchev–Trinajstić information content (AvgIpc) is 2.63. The number of nitrogens with zero attached hydrogens (tertiary/aromatic N) is 1. The van der Waals surface area contributed by atoms with Crippen molar-refractivity contribution in [2.45, 2.75) is 44.6 Å². The van der Waals surface area contributed by atoms with Crippen LogP contribution in [0.4, 0.5) is 4.79 Å². The van der Waals surface area contributed by atoms with Gasteiger partial charge in [0.1, 0.15) is 0 Å². The smallest absolute Gasteiger partial charge is 0.409 e. The molecule has 0 aliphatic carbocycles. The molecule has 1 aromatic carbocycles. The fraction of sp³-hybridized carbons (Fsp3) is 0.556. The largest absolute Gasteiger partial charge is 0.450 e. The SMILES string of the molecule is CCOC(=O)N1CCC(NC(=O)CNS(=O)(=O)c2cc(C)ccc2C)CC1. The molecule has 0 atom stereocenters. The molecule has 8 nitrogen and oxygen atoms in total. The van der Waals surface area contributed by atoms with Crippen LogP contribution in [0, 0.1) is 13.8 Å². The number of carbonyl (C=O) groups is 2. The number of hydrogen-bond acceptors (Lipinski definition) is 5. The van der Waals surface area contributed by atoms with Crippen molar-refractivity contribution in [2.75, 3.05) is 26.2 Å². The number of carbonyl (C=O) groups excluding carboxylic acids is 2. The first-order valence-corrected chi connectivity index (χ1v) is 10.5. The van der Waals surface area contributed by atoms with Crippen LogP contribution < -0.4 is 10.0 Å². The average molecular weight is 397 g/mol. The zero-order valence-electron chi connectivity index (χ0n) is 15.9. The van der Waals surface area contributed by atoms with Gasteiger partial charge in [-0.3, -0.25) is 4.79 Å². The van der Waals surface area contributed by atoms with E-state index in [1.54, 1.807) is 30.9 Å². The highest BCUT2D eigenvalue weighted by Crippen LogP contribution is 2.16. The maximum atomic E-state index is 12.4. The van der Waals surface area contributed by atoms with E-state index in [-0.39, 0.29) is 23.6 Å². The highest BCUT2D eigenvalue weighted by Gasteiger charge is 2.25. The van der Waals surface area contributed by atoms with Gasteiger partial charge >= 0.3 is 6.09 Å². The van der Waals surface area contributed by atoms with Crippen molar-refractivity contribution in [1.82, 2.24) is 14.9 Å². The van der Waals surface area contributed by atoms with Crippen LogP contribution >= 0.6 is 0 Å². The summed E-state index contributed by atoms with van der Waals surface area (Å²) in [6, 6.07) is 5.07. The predicted octanol–water partition coefficient (Wildman–Crippen LogP) is 1.32. The van der Waals surface area contributed by atoms with Gasteiger partial charge < -0.3 is 15.0 Å². The number of nitrogens with one attached hydrogen (secondary N) is 2. The van der Waals surface area contributed by atoms with E-state index in [1.807, 2.05) is 13.0 Å². The lowest BCUT2D eigenvalue weighted by molar-refractivity contribution is -0.120. The molecule has 2 amide bonds. The van der Waals surface area contributed by atoms with Gasteiger partial charge in [0, 0.05) is 19.1 Å². The fourth-order valence-corrected chi connectivity index (χ4v) is 4.24. The minimum Gasteiger partial charge on any atom is -0.450 e. The van der Waals surface area contributed by atoms with Gasteiger partial charge in [-0.1, -0.05) is 12.1 Å². The Labute approximate surface area is 160 Å². The minimum absolute atomic E-state index is 0.0895. The maximum Gasteiger partial charge on any atom is 0.409 e. The Morgan fingerprint density at radius 1 is 1.22 bits per heavy atom. The molecule has 9 heteroatoms. The van der Waals surface area contributed by atoms with E-state index in [2.05, 4.69) is 10.0 Å². The predicted molar refractivity (Wildman–Crippen MR) is 101 cm³/mol. The third-order valence-corrected chi connectivity index (χ3v) is 5.99. The third kappa shape index (κ3) is 5.93. The molecule has 1 aliphatic heterocycles. The van der Waals surface area contributed by atoms with Gasteiger partial charge in [0.05, 0.1) is 18.0 Å². The molecule has 0 saturated carbocycles. The second-order valence-electron chi connectivity index (χ2n) is 6.62. The number of likely N-dealkylation sites (tertiary alicyclic amines) is 1. The lowest BCUT2D eigenvalue weighted by atomic mass is 10.1. The topological polar surface area (TPSA) is 105 Å². The van der Waals surface area contributed by atoms with E-state index in [1.165, 1.54) is 0 Å². The summed E-state index contributed by atoms with van der Waals surface area (Å²) in [6.07, 6.45) is 0.867. The summed E-state index contributed by atoms with van der Waals surface area (Å²) in [5.74, 6) is -0.390. The van der Waals surface area contributed by atoms with E-state index in [4.69, 9.17) is 4.74 Å². The first kappa shape index (κ1) is 21.2. The number of piperidine rings is 1.